The number of aromatic nitrogens is 3. The van der Waals surface area contributed by atoms with E-state index in [1.807, 2.05) is 24.5 Å². The van der Waals surface area contributed by atoms with Crippen LogP contribution in [-0.2, 0) is 6.54 Å². The summed E-state index contributed by atoms with van der Waals surface area (Å²) in [6.45, 7) is 0.941. The fourth-order valence-electron chi connectivity index (χ4n) is 1.63. The van der Waals surface area contributed by atoms with Gasteiger partial charge in [-0.1, -0.05) is 0 Å². The van der Waals surface area contributed by atoms with Crippen LogP contribution in [0.2, 0.25) is 0 Å². The summed E-state index contributed by atoms with van der Waals surface area (Å²) in [6.07, 6.45) is 5.91. The maximum Gasteiger partial charge on any atom is 0.202 e. The van der Waals surface area contributed by atoms with E-state index >= 15 is 0 Å². The quantitative estimate of drug-likeness (QED) is 0.437. The van der Waals surface area contributed by atoms with Crippen molar-refractivity contribution in [1.82, 2.24) is 9.67 Å². The van der Waals surface area contributed by atoms with Gasteiger partial charge in [0.15, 0.2) is 6.20 Å². The van der Waals surface area contributed by atoms with Gasteiger partial charge in [0.05, 0.1) is 11.8 Å². The molecule has 3 rings (SSSR count). The van der Waals surface area contributed by atoms with Crippen LogP contribution in [0.3, 0.4) is 0 Å². The number of fused-ring (bicyclic) bond motifs is 3. The van der Waals surface area contributed by atoms with Gasteiger partial charge in [-0.25, -0.2) is 4.98 Å². The molecule has 0 fully saturated rings. The largest absolute Gasteiger partial charge is 0.233 e. The van der Waals surface area contributed by atoms with Gasteiger partial charge in [0.25, 0.3) is 0 Å². The first kappa shape index (κ1) is 5.94. The lowest BCUT2D eigenvalue weighted by molar-refractivity contribution is -0.751. The van der Waals surface area contributed by atoms with E-state index in [1.54, 1.807) is 0 Å². The van der Waals surface area contributed by atoms with Gasteiger partial charge in [-0.2, -0.15) is 0 Å². The number of hydrogen-bond acceptors (Lipinski definition) is 1. The van der Waals surface area contributed by atoms with Gasteiger partial charge in [0.2, 0.25) is 12.4 Å². The normalized spacial score (nSPS) is 12.7. The molecule has 0 aliphatic carbocycles. The van der Waals surface area contributed by atoms with Crippen molar-refractivity contribution < 1.29 is 4.68 Å². The molecule has 0 aromatic carbocycles. The van der Waals surface area contributed by atoms with Gasteiger partial charge in [-0.15, -0.1) is 9.36 Å². The summed E-state index contributed by atoms with van der Waals surface area (Å²) in [6, 6.07) is 6.12. The molecule has 2 aromatic rings. The molecule has 0 atom stereocenters. The summed E-state index contributed by atoms with van der Waals surface area (Å²) < 4.78 is 4.20. The van der Waals surface area contributed by atoms with Crippen LogP contribution in [0.15, 0.2) is 36.8 Å². The maximum absolute atomic E-state index is 4.31. The van der Waals surface area contributed by atoms with Crippen molar-refractivity contribution in [2.45, 2.75) is 6.54 Å². The molecule has 0 unspecified atom stereocenters. The van der Waals surface area contributed by atoms with E-state index in [0.29, 0.717) is 0 Å². The summed E-state index contributed by atoms with van der Waals surface area (Å²) >= 11 is 0. The molecule has 0 radical (unpaired) electrons. The van der Waals surface area contributed by atoms with Crippen LogP contribution in [0, 0.1) is 0 Å². The molecule has 58 valence electrons. The zero-order valence-corrected chi connectivity index (χ0v) is 6.51. The molecule has 0 bridgehead atoms. The highest BCUT2D eigenvalue weighted by Crippen LogP contribution is 2.13. The SMILES string of the molecule is c1cnc2c(c1)C[n+]1cccn1-2. The summed E-state index contributed by atoms with van der Waals surface area (Å²) in [5.74, 6) is 1.06. The number of hydrogen-bond donors (Lipinski definition) is 0. The highest BCUT2D eigenvalue weighted by molar-refractivity contribution is 5.32. The zero-order chi connectivity index (χ0) is 7.97. The topological polar surface area (TPSA) is 21.7 Å². The Morgan fingerprint density at radius 1 is 1.42 bits per heavy atom. The van der Waals surface area contributed by atoms with Crippen LogP contribution in [0.1, 0.15) is 5.56 Å². The van der Waals surface area contributed by atoms with Gasteiger partial charge in [-0.3, -0.25) is 0 Å². The second-order valence-corrected chi connectivity index (χ2v) is 2.92. The summed E-state index contributed by atoms with van der Waals surface area (Å²) in [7, 11) is 0. The molecule has 0 amide bonds. The van der Waals surface area contributed by atoms with Gasteiger partial charge >= 0.3 is 0 Å². The molecular formula is C9H8N3+. The lowest BCUT2D eigenvalue weighted by Crippen LogP contribution is -2.36. The number of nitrogens with zero attached hydrogens (tertiary/aromatic N) is 3. The minimum absolute atomic E-state index is 0.941. The van der Waals surface area contributed by atoms with Crippen LogP contribution in [0.4, 0.5) is 0 Å². The Kier molecular flexibility index (Phi) is 0.961. The molecule has 0 spiro atoms. The first-order valence-corrected chi connectivity index (χ1v) is 3.96. The lowest BCUT2D eigenvalue weighted by atomic mass is 10.3. The lowest BCUT2D eigenvalue weighted by Gasteiger charge is -1.90. The van der Waals surface area contributed by atoms with Crippen molar-refractivity contribution in [3.63, 3.8) is 0 Å². The number of rotatable bonds is 0. The van der Waals surface area contributed by atoms with Gasteiger partial charge in [0.1, 0.15) is 0 Å². The molecule has 12 heavy (non-hydrogen) atoms. The van der Waals surface area contributed by atoms with Crippen LogP contribution >= 0.6 is 0 Å². The molecule has 2 aromatic heterocycles. The second-order valence-electron chi connectivity index (χ2n) is 2.92. The van der Waals surface area contributed by atoms with Crippen LogP contribution in [0.5, 0.6) is 0 Å². The van der Waals surface area contributed by atoms with E-state index in [1.165, 1.54) is 5.56 Å². The van der Waals surface area contributed by atoms with Crippen molar-refractivity contribution in [1.29, 1.82) is 0 Å². The van der Waals surface area contributed by atoms with E-state index < -0.39 is 0 Å². The van der Waals surface area contributed by atoms with E-state index in [0.717, 1.165) is 12.4 Å². The average molecular weight is 158 g/mol. The van der Waals surface area contributed by atoms with Gasteiger partial charge in [-0.05, 0) is 12.1 Å². The monoisotopic (exact) mass is 158 g/mol. The molecule has 3 nitrogen and oxygen atoms in total. The van der Waals surface area contributed by atoms with Crippen molar-refractivity contribution in [2.24, 2.45) is 0 Å². The Labute approximate surface area is 69.9 Å². The van der Waals surface area contributed by atoms with Crippen molar-refractivity contribution in [3.05, 3.63) is 42.4 Å². The molecular weight excluding hydrogens is 150 g/mol. The molecule has 0 saturated carbocycles. The average Bonchev–Trinajstić information content (AvgIpc) is 2.62. The van der Waals surface area contributed by atoms with Crippen molar-refractivity contribution in [2.75, 3.05) is 0 Å². The summed E-state index contributed by atoms with van der Waals surface area (Å²) in [5, 5.41) is 0. The summed E-state index contributed by atoms with van der Waals surface area (Å²) in [5.41, 5.74) is 1.29. The van der Waals surface area contributed by atoms with Gasteiger partial charge in [0, 0.05) is 12.3 Å². The minimum atomic E-state index is 0.941. The van der Waals surface area contributed by atoms with E-state index in [9.17, 15) is 0 Å². The standard InChI is InChI=1S/C9H8N3/c1-3-8-7-11-5-2-6-12(11)9(8)10-4-1/h1-6H,7H2/q+1. The zero-order valence-electron chi connectivity index (χ0n) is 6.51. The fourth-order valence-corrected chi connectivity index (χ4v) is 1.63. The van der Waals surface area contributed by atoms with Crippen molar-refractivity contribution >= 4 is 0 Å². The molecule has 3 heteroatoms. The van der Waals surface area contributed by atoms with E-state index in [2.05, 4.69) is 26.6 Å². The second kappa shape index (κ2) is 1.94. The predicted molar refractivity (Wildman–Crippen MR) is 42.9 cm³/mol. The highest BCUT2D eigenvalue weighted by atomic mass is 15.4. The van der Waals surface area contributed by atoms with Crippen LogP contribution < -0.4 is 4.68 Å². The fraction of sp³-hybridized carbons (Fsp3) is 0.111. The Bertz CT molecular complexity index is 431. The molecule has 1 aliphatic heterocycles. The smallest absolute Gasteiger partial charge is 0.202 e. The third kappa shape index (κ3) is 0.605. The Balaban J connectivity index is 2.34. The predicted octanol–water partition coefficient (Wildman–Crippen LogP) is 0.521. The molecule has 0 saturated heterocycles. The van der Waals surface area contributed by atoms with E-state index in [4.69, 9.17) is 0 Å². The third-order valence-electron chi connectivity index (χ3n) is 2.18. The highest BCUT2D eigenvalue weighted by Gasteiger charge is 2.23. The third-order valence-corrected chi connectivity index (χ3v) is 2.18. The molecule has 0 N–H and O–H groups in total. The van der Waals surface area contributed by atoms with Crippen LogP contribution in [-0.4, -0.2) is 9.67 Å². The summed E-state index contributed by atoms with van der Waals surface area (Å²) in [4.78, 5) is 4.31. The first-order chi connectivity index (χ1) is 5.95. The Morgan fingerprint density at radius 3 is 3.42 bits per heavy atom. The first-order valence-electron chi connectivity index (χ1n) is 3.96. The van der Waals surface area contributed by atoms with E-state index in [-0.39, 0.29) is 0 Å². The number of pyridine rings is 1. The molecule has 1 aliphatic rings. The Hall–Kier alpha value is -1.64. The molecule has 3 heterocycles. The Morgan fingerprint density at radius 2 is 2.42 bits per heavy atom. The van der Waals surface area contributed by atoms with Gasteiger partial charge < -0.3 is 0 Å². The minimum Gasteiger partial charge on any atom is -0.233 e. The maximum atomic E-state index is 4.31. The van der Waals surface area contributed by atoms with Crippen molar-refractivity contribution in [3.8, 4) is 5.82 Å². The van der Waals surface area contributed by atoms with Crippen LogP contribution in [0.25, 0.3) is 5.82 Å².